The number of fused-ring (bicyclic) bond motifs is 4. The number of hydrogen-bond acceptors (Lipinski definition) is 5. The lowest BCUT2D eigenvalue weighted by atomic mass is 9.98. The maximum atomic E-state index is 12.5. The van der Waals surface area contributed by atoms with Gasteiger partial charge in [0.2, 0.25) is 11.5 Å². The monoisotopic (exact) mass is 400 g/mol. The third-order valence-corrected chi connectivity index (χ3v) is 5.23. The molecule has 0 unspecified atom stereocenters. The Balaban J connectivity index is 1.39. The van der Waals surface area contributed by atoms with Crippen LogP contribution < -0.4 is 5.32 Å². The number of amides is 1. The molecular weight excluding hydrogens is 384 g/mol. The van der Waals surface area contributed by atoms with E-state index in [-0.39, 0.29) is 23.9 Å². The van der Waals surface area contributed by atoms with Gasteiger partial charge >= 0.3 is 12.1 Å². The molecule has 2 aromatic heterocycles. The average molecular weight is 400 g/mol. The number of carboxylic acid groups (broad SMARTS) is 1. The molecule has 0 atom stereocenters. The second-order valence-corrected chi connectivity index (χ2v) is 6.92. The first-order chi connectivity index (χ1) is 14.6. The van der Waals surface area contributed by atoms with Gasteiger partial charge in [0.05, 0.1) is 5.39 Å². The number of carbonyl (C=O) groups is 2. The van der Waals surface area contributed by atoms with Crippen LogP contribution in [0.3, 0.4) is 0 Å². The third kappa shape index (κ3) is 2.88. The number of hydrogen-bond donors (Lipinski definition) is 2. The van der Waals surface area contributed by atoms with Gasteiger partial charge in [0, 0.05) is 12.1 Å². The van der Waals surface area contributed by atoms with Gasteiger partial charge in [-0.2, -0.15) is 0 Å². The Morgan fingerprint density at radius 2 is 1.67 bits per heavy atom. The summed E-state index contributed by atoms with van der Waals surface area (Å²) in [6.07, 6.45) is 0.722. The summed E-state index contributed by atoms with van der Waals surface area (Å²) in [5.41, 5.74) is 4.60. The van der Waals surface area contributed by atoms with E-state index in [0.717, 1.165) is 22.3 Å². The minimum Gasteiger partial charge on any atom is -0.475 e. The summed E-state index contributed by atoms with van der Waals surface area (Å²) in [7, 11) is 0. The normalized spacial score (nSPS) is 12.4. The van der Waals surface area contributed by atoms with Gasteiger partial charge in [-0.05, 0) is 34.4 Å². The molecule has 2 N–H and O–H groups in total. The number of aromatic carboxylic acids is 1. The van der Waals surface area contributed by atoms with Gasteiger partial charge in [-0.1, -0.05) is 48.5 Å². The smallest absolute Gasteiger partial charge is 0.411 e. The molecule has 0 spiro atoms. The summed E-state index contributed by atoms with van der Waals surface area (Å²) in [4.78, 5) is 28.0. The lowest BCUT2D eigenvalue weighted by molar-refractivity contribution is 0.0666. The summed E-state index contributed by atoms with van der Waals surface area (Å²) in [6.45, 7) is 0.121. The number of carboxylic acids is 1. The Bertz CT molecular complexity index is 1250. The van der Waals surface area contributed by atoms with Crippen LogP contribution in [0.2, 0.25) is 0 Å². The lowest BCUT2D eigenvalue weighted by Crippen LogP contribution is -2.18. The largest absolute Gasteiger partial charge is 0.475 e. The van der Waals surface area contributed by atoms with Gasteiger partial charge in [-0.3, -0.25) is 5.32 Å². The van der Waals surface area contributed by atoms with E-state index in [1.165, 1.54) is 6.20 Å². The Morgan fingerprint density at radius 3 is 2.33 bits per heavy atom. The fourth-order valence-corrected chi connectivity index (χ4v) is 3.94. The molecule has 2 aromatic carbocycles. The first-order valence-electron chi connectivity index (χ1n) is 9.36. The molecule has 148 valence electrons. The van der Waals surface area contributed by atoms with Crippen molar-refractivity contribution in [2.75, 3.05) is 11.9 Å². The summed E-state index contributed by atoms with van der Waals surface area (Å²) < 4.78 is 10.7. The summed E-state index contributed by atoms with van der Waals surface area (Å²) in [6, 6.07) is 19.3. The van der Waals surface area contributed by atoms with Crippen molar-refractivity contribution in [2.24, 2.45) is 0 Å². The Hall–Kier alpha value is -4.13. The highest BCUT2D eigenvalue weighted by Crippen LogP contribution is 2.44. The van der Waals surface area contributed by atoms with Crippen LogP contribution in [0.25, 0.3) is 22.2 Å². The quantitative estimate of drug-likeness (QED) is 0.506. The number of ether oxygens (including phenoxy) is 1. The van der Waals surface area contributed by atoms with Crippen molar-refractivity contribution in [3.8, 4) is 11.1 Å². The molecule has 0 bridgehead atoms. The van der Waals surface area contributed by atoms with Crippen LogP contribution in [0.4, 0.5) is 10.5 Å². The maximum Gasteiger partial charge on any atom is 0.411 e. The summed E-state index contributed by atoms with van der Waals surface area (Å²) in [5.74, 6) is -1.79. The van der Waals surface area contributed by atoms with Crippen molar-refractivity contribution in [3.63, 3.8) is 0 Å². The molecule has 1 aliphatic rings. The molecule has 1 amide bonds. The molecule has 0 saturated heterocycles. The zero-order chi connectivity index (χ0) is 20.7. The predicted molar refractivity (Wildman–Crippen MR) is 110 cm³/mol. The fraction of sp³-hybridized carbons (Fsp3) is 0.0870. The molecule has 0 saturated carbocycles. The van der Waals surface area contributed by atoms with Crippen molar-refractivity contribution >= 4 is 28.8 Å². The molecule has 4 aromatic rings. The maximum absolute atomic E-state index is 12.5. The number of anilines is 1. The van der Waals surface area contributed by atoms with E-state index in [1.807, 2.05) is 36.4 Å². The van der Waals surface area contributed by atoms with Gasteiger partial charge in [-0.25, -0.2) is 14.6 Å². The number of benzene rings is 2. The molecule has 5 rings (SSSR count). The number of nitrogens with one attached hydrogen (secondary N) is 1. The van der Waals surface area contributed by atoms with Crippen molar-refractivity contribution in [1.29, 1.82) is 0 Å². The minimum absolute atomic E-state index is 0.0304. The lowest BCUT2D eigenvalue weighted by Gasteiger charge is -2.14. The standard InChI is InChI=1S/C23H16N2O5/c26-22(27)20-19(17-10-5-11-24-21(17)30-20)25-23(28)29-12-18-15-8-3-1-6-13(15)14-7-2-4-9-16(14)18/h1-11,18H,12H2,(H,25,28)(H,26,27). The molecule has 7 heteroatoms. The van der Waals surface area contributed by atoms with E-state index in [4.69, 9.17) is 9.15 Å². The SMILES string of the molecule is O=C(Nc1c(C(=O)O)oc2ncccc12)OCC1c2ccccc2-c2ccccc21. The average Bonchev–Trinajstić information content (AvgIpc) is 3.29. The molecule has 0 fully saturated rings. The van der Waals surface area contributed by atoms with E-state index in [0.29, 0.717) is 5.39 Å². The van der Waals surface area contributed by atoms with Crippen LogP contribution in [0, 0.1) is 0 Å². The number of carbonyl (C=O) groups excluding carboxylic acids is 1. The first-order valence-corrected chi connectivity index (χ1v) is 9.36. The highest BCUT2D eigenvalue weighted by Gasteiger charge is 2.29. The fourth-order valence-electron chi connectivity index (χ4n) is 3.94. The molecular formula is C23H16N2O5. The van der Waals surface area contributed by atoms with Crippen LogP contribution in [-0.2, 0) is 4.74 Å². The number of furan rings is 1. The zero-order valence-corrected chi connectivity index (χ0v) is 15.7. The van der Waals surface area contributed by atoms with E-state index >= 15 is 0 Å². The number of rotatable bonds is 4. The van der Waals surface area contributed by atoms with Gasteiger partial charge in [0.15, 0.2) is 0 Å². The summed E-state index contributed by atoms with van der Waals surface area (Å²) >= 11 is 0. The number of nitrogens with zero attached hydrogens (tertiary/aromatic N) is 1. The van der Waals surface area contributed by atoms with Crippen LogP contribution in [0.1, 0.15) is 27.6 Å². The van der Waals surface area contributed by atoms with Crippen molar-refractivity contribution in [2.45, 2.75) is 5.92 Å². The first kappa shape index (κ1) is 17.9. The zero-order valence-electron chi connectivity index (χ0n) is 15.7. The Morgan fingerprint density at radius 1 is 1.00 bits per heavy atom. The topological polar surface area (TPSA) is 102 Å². The Kier molecular flexibility index (Phi) is 4.21. The number of pyridine rings is 1. The van der Waals surface area contributed by atoms with Crippen molar-refractivity contribution < 1.29 is 23.8 Å². The second-order valence-electron chi connectivity index (χ2n) is 6.92. The van der Waals surface area contributed by atoms with E-state index in [9.17, 15) is 14.7 Å². The van der Waals surface area contributed by atoms with Crippen molar-refractivity contribution in [3.05, 3.63) is 83.7 Å². The number of aromatic nitrogens is 1. The van der Waals surface area contributed by atoms with Crippen LogP contribution >= 0.6 is 0 Å². The highest BCUT2D eigenvalue weighted by atomic mass is 16.5. The molecule has 2 heterocycles. The minimum atomic E-state index is -1.30. The van der Waals surface area contributed by atoms with Gasteiger partial charge < -0.3 is 14.3 Å². The molecule has 30 heavy (non-hydrogen) atoms. The molecule has 7 nitrogen and oxygen atoms in total. The Labute approximate surface area is 170 Å². The van der Waals surface area contributed by atoms with Gasteiger partial charge in [0.25, 0.3) is 0 Å². The van der Waals surface area contributed by atoms with Gasteiger partial charge in [0.1, 0.15) is 12.3 Å². The van der Waals surface area contributed by atoms with Crippen LogP contribution in [0.5, 0.6) is 0 Å². The van der Waals surface area contributed by atoms with Gasteiger partial charge in [-0.15, -0.1) is 0 Å². The van der Waals surface area contributed by atoms with E-state index in [2.05, 4.69) is 22.4 Å². The third-order valence-electron chi connectivity index (χ3n) is 5.23. The van der Waals surface area contributed by atoms with Crippen molar-refractivity contribution in [1.82, 2.24) is 4.98 Å². The van der Waals surface area contributed by atoms with E-state index in [1.54, 1.807) is 12.1 Å². The van der Waals surface area contributed by atoms with Crippen LogP contribution in [-0.4, -0.2) is 28.8 Å². The molecule has 0 aliphatic heterocycles. The van der Waals surface area contributed by atoms with Crippen LogP contribution in [0.15, 0.2) is 71.3 Å². The van der Waals surface area contributed by atoms with E-state index < -0.39 is 17.8 Å². The second kappa shape index (κ2) is 7.04. The summed E-state index contributed by atoms with van der Waals surface area (Å²) in [5, 5.41) is 12.3. The highest BCUT2D eigenvalue weighted by molar-refractivity contribution is 6.07. The predicted octanol–water partition coefficient (Wildman–Crippen LogP) is 4.89. The molecule has 1 aliphatic carbocycles. The molecule has 0 radical (unpaired) electrons.